The molecule has 1 amide bonds. The maximum atomic E-state index is 10.4. The van der Waals surface area contributed by atoms with Crippen LogP contribution in [0.25, 0.3) is 0 Å². The van der Waals surface area contributed by atoms with E-state index >= 15 is 0 Å². The van der Waals surface area contributed by atoms with Crippen molar-refractivity contribution in [2.24, 2.45) is 5.73 Å². The number of amides is 1. The lowest BCUT2D eigenvalue weighted by molar-refractivity contribution is -0.127. The van der Waals surface area contributed by atoms with Gasteiger partial charge in [-0.25, -0.2) is 0 Å². The molecule has 0 saturated heterocycles. The summed E-state index contributed by atoms with van der Waals surface area (Å²) in [5.41, 5.74) is 4.91. The molecule has 1 unspecified atom stereocenters. The van der Waals surface area contributed by atoms with Gasteiger partial charge in [0, 0.05) is 13.0 Å². The maximum Gasteiger partial charge on any atom is 0.246 e. The summed E-state index contributed by atoms with van der Waals surface area (Å²) in [5.74, 6) is -0.0697. The molecule has 0 aliphatic rings. The maximum absolute atomic E-state index is 10.4. The van der Waals surface area contributed by atoms with Crippen LogP contribution in [0.3, 0.4) is 0 Å². The van der Waals surface area contributed by atoms with Crippen molar-refractivity contribution < 1.29 is 9.53 Å². The first-order valence-corrected chi connectivity index (χ1v) is 3.14. The molecule has 0 rings (SSSR count). The first-order valence-electron chi connectivity index (χ1n) is 2.60. The number of rotatable bonds is 4. The Balaban J connectivity index is 3.54. The van der Waals surface area contributed by atoms with E-state index in [4.69, 9.17) is 22.1 Å². The van der Waals surface area contributed by atoms with Crippen LogP contribution in [0.1, 0.15) is 6.42 Å². The first-order chi connectivity index (χ1) is 4.22. The van der Waals surface area contributed by atoms with Crippen LogP contribution >= 0.6 is 11.6 Å². The van der Waals surface area contributed by atoms with Crippen LogP contribution < -0.4 is 5.73 Å². The first kappa shape index (κ1) is 8.72. The fourth-order valence-electron chi connectivity index (χ4n) is 0.475. The highest BCUT2D eigenvalue weighted by Gasteiger charge is 2.11. The zero-order valence-corrected chi connectivity index (χ0v) is 6.02. The fraction of sp³-hybridized carbons (Fsp3) is 0.800. The molecule has 0 spiro atoms. The van der Waals surface area contributed by atoms with Crippen molar-refractivity contribution in [3.05, 3.63) is 0 Å². The third kappa shape index (κ3) is 3.32. The van der Waals surface area contributed by atoms with Crippen LogP contribution in [0.5, 0.6) is 0 Å². The number of ether oxygens (including phenoxy) is 1. The van der Waals surface area contributed by atoms with Gasteiger partial charge in [-0.3, -0.25) is 4.79 Å². The number of methoxy groups -OCH3 is 1. The van der Waals surface area contributed by atoms with Crippen molar-refractivity contribution in [3.63, 3.8) is 0 Å². The van der Waals surface area contributed by atoms with Gasteiger partial charge in [0.05, 0.1) is 0 Å². The van der Waals surface area contributed by atoms with E-state index in [9.17, 15) is 4.79 Å². The Morgan fingerprint density at radius 2 is 2.44 bits per heavy atom. The van der Waals surface area contributed by atoms with E-state index in [0.29, 0.717) is 12.3 Å². The van der Waals surface area contributed by atoms with Gasteiger partial charge in [0.15, 0.2) is 0 Å². The van der Waals surface area contributed by atoms with Gasteiger partial charge in [-0.05, 0) is 6.42 Å². The van der Waals surface area contributed by atoms with Crippen LogP contribution in [0, 0.1) is 0 Å². The van der Waals surface area contributed by atoms with Gasteiger partial charge in [-0.15, -0.1) is 11.6 Å². The van der Waals surface area contributed by atoms with Gasteiger partial charge in [0.2, 0.25) is 5.91 Å². The SMILES string of the molecule is COC(CCCl)C(N)=O. The minimum absolute atomic E-state index is 0.390. The Morgan fingerprint density at radius 1 is 1.89 bits per heavy atom. The molecule has 1 atom stereocenters. The van der Waals surface area contributed by atoms with Crippen molar-refractivity contribution in [2.75, 3.05) is 13.0 Å². The normalized spacial score (nSPS) is 13.1. The summed E-state index contributed by atoms with van der Waals surface area (Å²) in [4.78, 5) is 10.4. The summed E-state index contributed by atoms with van der Waals surface area (Å²) in [5, 5.41) is 0. The van der Waals surface area contributed by atoms with Gasteiger partial charge in [0.25, 0.3) is 0 Å². The Bertz CT molecular complexity index is 97.0. The smallest absolute Gasteiger partial charge is 0.246 e. The molecule has 0 aliphatic heterocycles. The second-order valence-electron chi connectivity index (χ2n) is 1.60. The number of carbonyl (C=O) groups excluding carboxylic acids is 1. The van der Waals surface area contributed by atoms with Crippen molar-refractivity contribution in [3.8, 4) is 0 Å². The van der Waals surface area contributed by atoms with E-state index in [1.165, 1.54) is 7.11 Å². The number of alkyl halides is 1. The van der Waals surface area contributed by atoms with Crippen LogP contribution in [0.2, 0.25) is 0 Å². The molecule has 0 radical (unpaired) electrons. The van der Waals surface area contributed by atoms with E-state index in [-0.39, 0.29) is 0 Å². The van der Waals surface area contributed by atoms with E-state index in [2.05, 4.69) is 0 Å². The summed E-state index contributed by atoms with van der Waals surface area (Å²) in [6, 6.07) is 0. The molecule has 0 bridgehead atoms. The lowest BCUT2D eigenvalue weighted by atomic mass is 10.3. The predicted octanol–water partition coefficient (Wildman–Crippen LogP) is 0.116. The lowest BCUT2D eigenvalue weighted by Crippen LogP contribution is -2.30. The molecule has 0 aromatic heterocycles. The standard InChI is InChI=1S/C5H10ClNO2/c1-9-4(2-3-6)5(7)8/h4H,2-3H2,1H3,(H2,7,8). The van der Waals surface area contributed by atoms with E-state index in [1.807, 2.05) is 0 Å². The second-order valence-corrected chi connectivity index (χ2v) is 1.98. The number of halogens is 1. The predicted molar refractivity (Wildman–Crippen MR) is 35.3 cm³/mol. The summed E-state index contributed by atoms with van der Waals surface area (Å²) in [6.45, 7) is 0. The van der Waals surface area contributed by atoms with E-state index in [1.54, 1.807) is 0 Å². The Kier molecular flexibility index (Phi) is 4.44. The molecule has 0 aromatic rings. The molecule has 4 heteroatoms. The van der Waals surface area contributed by atoms with Crippen LogP contribution in [0.4, 0.5) is 0 Å². The second kappa shape index (κ2) is 4.58. The summed E-state index contributed by atoms with van der Waals surface area (Å²) in [7, 11) is 1.43. The molecule has 0 heterocycles. The molecule has 3 nitrogen and oxygen atoms in total. The molecule has 2 N–H and O–H groups in total. The summed E-state index contributed by atoms with van der Waals surface area (Å²) in [6.07, 6.45) is -0.0459. The van der Waals surface area contributed by atoms with Crippen molar-refractivity contribution in [1.29, 1.82) is 0 Å². The Labute approximate surface area is 59.1 Å². The largest absolute Gasteiger partial charge is 0.372 e. The third-order valence-electron chi connectivity index (χ3n) is 0.973. The average Bonchev–Trinajstić information content (AvgIpc) is 1.82. The topological polar surface area (TPSA) is 52.3 Å². The van der Waals surface area contributed by atoms with Gasteiger partial charge in [0.1, 0.15) is 6.10 Å². The fourth-order valence-corrected chi connectivity index (χ4v) is 0.674. The number of hydrogen-bond donors (Lipinski definition) is 1. The van der Waals surface area contributed by atoms with Gasteiger partial charge in [-0.2, -0.15) is 0 Å². The Hall–Kier alpha value is -0.280. The minimum Gasteiger partial charge on any atom is -0.372 e. The molecule has 54 valence electrons. The molecular weight excluding hydrogens is 142 g/mol. The van der Waals surface area contributed by atoms with Crippen LogP contribution in [-0.2, 0) is 9.53 Å². The molecular formula is C5H10ClNO2. The number of carbonyl (C=O) groups is 1. The summed E-state index contributed by atoms with van der Waals surface area (Å²) >= 11 is 5.33. The minimum atomic E-state index is -0.525. The van der Waals surface area contributed by atoms with Crippen LogP contribution in [0.15, 0.2) is 0 Å². The zero-order valence-electron chi connectivity index (χ0n) is 5.26. The van der Waals surface area contributed by atoms with Crippen molar-refractivity contribution >= 4 is 17.5 Å². The highest BCUT2D eigenvalue weighted by molar-refractivity contribution is 6.18. The van der Waals surface area contributed by atoms with Gasteiger partial charge in [-0.1, -0.05) is 0 Å². The molecule has 0 aliphatic carbocycles. The highest BCUT2D eigenvalue weighted by Crippen LogP contribution is 1.96. The molecule has 0 aromatic carbocycles. The van der Waals surface area contributed by atoms with E-state index < -0.39 is 12.0 Å². The highest BCUT2D eigenvalue weighted by atomic mass is 35.5. The Morgan fingerprint density at radius 3 is 2.56 bits per heavy atom. The van der Waals surface area contributed by atoms with Crippen molar-refractivity contribution in [1.82, 2.24) is 0 Å². The third-order valence-corrected chi connectivity index (χ3v) is 1.19. The number of nitrogens with two attached hydrogens (primary N) is 1. The molecule has 9 heavy (non-hydrogen) atoms. The lowest BCUT2D eigenvalue weighted by Gasteiger charge is -2.07. The monoisotopic (exact) mass is 151 g/mol. The molecule has 0 fully saturated rings. The van der Waals surface area contributed by atoms with Crippen LogP contribution in [-0.4, -0.2) is 25.0 Å². The van der Waals surface area contributed by atoms with E-state index in [0.717, 1.165) is 0 Å². The quantitative estimate of drug-likeness (QED) is 0.580. The van der Waals surface area contributed by atoms with Gasteiger partial charge >= 0.3 is 0 Å². The summed E-state index contributed by atoms with van der Waals surface area (Å²) < 4.78 is 4.69. The van der Waals surface area contributed by atoms with Gasteiger partial charge < -0.3 is 10.5 Å². The average molecular weight is 152 g/mol. The number of primary amides is 1. The zero-order chi connectivity index (χ0) is 7.28. The molecule has 0 saturated carbocycles. The van der Waals surface area contributed by atoms with Crippen molar-refractivity contribution in [2.45, 2.75) is 12.5 Å². The number of hydrogen-bond acceptors (Lipinski definition) is 2.